The topological polar surface area (TPSA) is 96.0 Å². The molecule has 9 heteroatoms. The Bertz CT molecular complexity index is 1000. The van der Waals surface area contributed by atoms with E-state index >= 15 is 0 Å². The normalized spacial score (nSPS) is 21.5. The number of hydrogen-bond donors (Lipinski definition) is 2. The molecule has 9 nitrogen and oxygen atoms in total. The van der Waals surface area contributed by atoms with Gasteiger partial charge < -0.3 is 25.0 Å². The van der Waals surface area contributed by atoms with E-state index in [9.17, 15) is 9.59 Å². The fraction of sp³-hybridized carbons (Fsp3) is 0.519. The van der Waals surface area contributed by atoms with E-state index in [1.165, 1.54) is 5.56 Å². The van der Waals surface area contributed by atoms with E-state index in [0.717, 1.165) is 19.5 Å². The largest absolute Gasteiger partial charge is 0.491 e. The van der Waals surface area contributed by atoms with Gasteiger partial charge in [0.05, 0.1) is 11.7 Å². The molecule has 196 valence electrons. The number of nitrogens with zero attached hydrogens (tertiary/aromatic N) is 3. The summed E-state index contributed by atoms with van der Waals surface area (Å²) < 4.78 is 12.0. The van der Waals surface area contributed by atoms with Crippen molar-refractivity contribution in [2.24, 2.45) is 5.92 Å². The summed E-state index contributed by atoms with van der Waals surface area (Å²) in [6.07, 6.45) is 4.30. The van der Waals surface area contributed by atoms with Gasteiger partial charge in [-0.15, -0.1) is 0 Å². The molecule has 36 heavy (non-hydrogen) atoms. The van der Waals surface area contributed by atoms with Crippen LogP contribution in [0.3, 0.4) is 0 Å². The molecule has 0 fully saturated rings. The van der Waals surface area contributed by atoms with Crippen LogP contribution in [0.2, 0.25) is 0 Å². The average Bonchev–Trinajstić information content (AvgIpc) is 2.88. The van der Waals surface area contributed by atoms with Crippen LogP contribution in [-0.4, -0.2) is 79.3 Å². The number of nitrogens with one attached hydrogen (secondary N) is 2. The van der Waals surface area contributed by atoms with Gasteiger partial charge in [-0.25, -0.2) is 4.79 Å². The van der Waals surface area contributed by atoms with Crippen LogP contribution in [0, 0.1) is 5.92 Å². The first-order chi connectivity index (χ1) is 17.3. The van der Waals surface area contributed by atoms with Gasteiger partial charge in [-0.1, -0.05) is 13.8 Å². The summed E-state index contributed by atoms with van der Waals surface area (Å²) in [6.45, 7) is 9.22. The van der Waals surface area contributed by atoms with Crippen LogP contribution in [0.4, 0.5) is 10.5 Å². The number of pyridine rings is 1. The molecule has 1 aliphatic rings. The van der Waals surface area contributed by atoms with Crippen molar-refractivity contribution in [3.8, 4) is 5.75 Å². The molecule has 0 saturated carbocycles. The predicted octanol–water partition coefficient (Wildman–Crippen LogP) is 3.62. The van der Waals surface area contributed by atoms with Crippen molar-refractivity contribution in [2.45, 2.75) is 45.9 Å². The number of aromatic nitrogens is 1. The molecule has 0 unspecified atom stereocenters. The highest BCUT2D eigenvalue weighted by molar-refractivity contribution is 5.99. The Balaban J connectivity index is 1.89. The molecule has 2 N–H and O–H groups in total. The number of rotatable bonds is 6. The first-order valence-corrected chi connectivity index (χ1v) is 12.5. The quantitative estimate of drug-likeness (QED) is 0.633. The van der Waals surface area contributed by atoms with Crippen molar-refractivity contribution in [1.82, 2.24) is 20.1 Å². The van der Waals surface area contributed by atoms with Crippen LogP contribution >= 0.6 is 0 Å². The maximum Gasteiger partial charge on any atom is 0.319 e. The molecule has 0 radical (unpaired) electrons. The Morgan fingerprint density at radius 2 is 1.94 bits per heavy atom. The first-order valence-electron chi connectivity index (χ1n) is 12.5. The number of carbonyl (C=O) groups excluding carboxylic acids is 2. The van der Waals surface area contributed by atoms with Gasteiger partial charge in [0, 0.05) is 64.5 Å². The van der Waals surface area contributed by atoms with E-state index in [2.05, 4.69) is 34.4 Å². The lowest BCUT2D eigenvalue weighted by Crippen LogP contribution is -2.46. The van der Waals surface area contributed by atoms with Gasteiger partial charge in [-0.2, -0.15) is 0 Å². The van der Waals surface area contributed by atoms with E-state index in [1.807, 2.05) is 19.1 Å². The zero-order valence-corrected chi connectivity index (χ0v) is 22.0. The number of urea groups is 1. The second-order valence-corrected chi connectivity index (χ2v) is 9.47. The predicted molar refractivity (Wildman–Crippen MR) is 140 cm³/mol. The van der Waals surface area contributed by atoms with Crippen LogP contribution < -0.4 is 15.4 Å². The van der Waals surface area contributed by atoms with Crippen LogP contribution in [0.1, 0.15) is 43.1 Å². The summed E-state index contributed by atoms with van der Waals surface area (Å²) in [5.74, 6) is 0.479. The maximum absolute atomic E-state index is 13.5. The SMILES string of the molecule is CCCNC(=O)Nc1ccc2c(c1)C(=O)N(C)C[C@@H](OC)[C@@H](C)CN(Cc1ccncc1)[C@H](C)CO2. The van der Waals surface area contributed by atoms with Gasteiger partial charge in [-0.05, 0) is 55.2 Å². The number of amides is 3. The summed E-state index contributed by atoms with van der Waals surface area (Å²) in [5, 5.41) is 5.59. The highest BCUT2D eigenvalue weighted by Gasteiger charge is 2.28. The van der Waals surface area contributed by atoms with Crippen molar-refractivity contribution in [1.29, 1.82) is 0 Å². The number of ether oxygens (including phenoxy) is 2. The van der Waals surface area contributed by atoms with E-state index in [4.69, 9.17) is 9.47 Å². The first kappa shape index (κ1) is 27.4. The number of likely N-dealkylation sites (N-methyl/N-ethyl adjacent to an activating group) is 1. The summed E-state index contributed by atoms with van der Waals surface area (Å²) in [7, 11) is 3.46. The number of benzene rings is 1. The molecule has 1 aromatic heterocycles. The minimum atomic E-state index is -0.305. The molecule has 0 saturated heterocycles. The van der Waals surface area contributed by atoms with E-state index < -0.39 is 0 Å². The third-order valence-corrected chi connectivity index (χ3v) is 6.50. The number of anilines is 1. The monoisotopic (exact) mass is 497 g/mol. The van der Waals surface area contributed by atoms with Crippen LogP contribution in [0.25, 0.3) is 0 Å². The smallest absolute Gasteiger partial charge is 0.319 e. The van der Waals surface area contributed by atoms with Crippen molar-refractivity contribution in [3.05, 3.63) is 53.9 Å². The molecule has 2 heterocycles. The van der Waals surface area contributed by atoms with Crippen molar-refractivity contribution in [2.75, 3.05) is 45.7 Å². The van der Waals surface area contributed by atoms with Gasteiger partial charge in [-0.3, -0.25) is 14.7 Å². The summed E-state index contributed by atoms with van der Waals surface area (Å²) >= 11 is 0. The van der Waals surface area contributed by atoms with Gasteiger partial charge >= 0.3 is 6.03 Å². The number of carbonyl (C=O) groups is 2. The second-order valence-electron chi connectivity index (χ2n) is 9.47. The number of methoxy groups -OCH3 is 1. The molecule has 0 aliphatic carbocycles. The van der Waals surface area contributed by atoms with E-state index in [-0.39, 0.29) is 30.0 Å². The number of hydrogen-bond acceptors (Lipinski definition) is 6. The molecular weight excluding hydrogens is 458 g/mol. The maximum atomic E-state index is 13.5. The van der Waals surface area contributed by atoms with Crippen molar-refractivity contribution in [3.63, 3.8) is 0 Å². The lowest BCUT2D eigenvalue weighted by atomic mass is 10.0. The third-order valence-electron chi connectivity index (χ3n) is 6.50. The van der Waals surface area contributed by atoms with Crippen molar-refractivity contribution >= 4 is 17.6 Å². The Morgan fingerprint density at radius 1 is 1.19 bits per heavy atom. The molecular formula is C27H39N5O4. The molecule has 2 aromatic rings. The van der Waals surface area contributed by atoms with E-state index in [0.29, 0.717) is 36.7 Å². The minimum absolute atomic E-state index is 0.0795. The summed E-state index contributed by atoms with van der Waals surface area (Å²) in [6, 6.07) is 9.00. The molecule has 1 aliphatic heterocycles. The summed E-state index contributed by atoms with van der Waals surface area (Å²) in [5.41, 5.74) is 2.11. The zero-order chi connectivity index (χ0) is 26.1. The fourth-order valence-corrected chi connectivity index (χ4v) is 4.29. The molecule has 3 atom stereocenters. The highest BCUT2D eigenvalue weighted by Crippen LogP contribution is 2.26. The molecule has 0 bridgehead atoms. The van der Waals surface area contributed by atoms with Gasteiger partial charge in [0.15, 0.2) is 0 Å². The highest BCUT2D eigenvalue weighted by atomic mass is 16.5. The Labute approximate surface area is 214 Å². The average molecular weight is 498 g/mol. The Hall–Kier alpha value is -3.17. The zero-order valence-electron chi connectivity index (χ0n) is 22.0. The Morgan fingerprint density at radius 3 is 2.64 bits per heavy atom. The fourth-order valence-electron chi connectivity index (χ4n) is 4.29. The van der Waals surface area contributed by atoms with E-state index in [1.54, 1.807) is 49.7 Å². The third kappa shape index (κ3) is 7.41. The molecule has 3 rings (SSSR count). The second kappa shape index (κ2) is 13.2. The standard InChI is InChI=1S/C27H39N5O4/c1-6-11-29-27(34)30-22-7-8-24-23(14-22)26(33)31(4)17-25(35-5)19(2)15-32(20(3)18-36-24)16-21-9-12-28-13-10-21/h7-10,12-14,19-20,25H,6,11,15-18H2,1-5H3,(H2,29,30,34)/t19-,20+,25+/m0/s1. The van der Waals surface area contributed by atoms with Crippen molar-refractivity contribution < 1.29 is 19.1 Å². The number of fused-ring (bicyclic) bond motifs is 1. The van der Waals surface area contributed by atoms with Crippen LogP contribution in [0.5, 0.6) is 5.75 Å². The minimum Gasteiger partial charge on any atom is -0.491 e. The van der Waals surface area contributed by atoms with Gasteiger partial charge in [0.2, 0.25) is 0 Å². The summed E-state index contributed by atoms with van der Waals surface area (Å²) in [4.78, 5) is 33.8. The molecule has 0 spiro atoms. The molecule has 1 aromatic carbocycles. The van der Waals surface area contributed by atoms with Crippen LogP contribution in [-0.2, 0) is 11.3 Å². The van der Waals surface area contributed by atoms with Gasteiger partial charge in [0.25, 0.3) is 5.91 Å². The lowest BCUT2D eigenvalue weighted by molar-refractivity contribution is 0.00921. The Kier molecular flexibility index (Phi) is 10.1. The van der Waals surface area contributed by atoms with Crippen LogP contribution in [0.15, 0.2) is 42.7 Å². The molecule has 3 amide bonds. The lowest BCUT2D eigenvalue weighted by Gasteiger charge is -2.36. The van der Waals surface area contributed by atoms with Gasteiger partial charge in [0.1, 0.15) is 12.4 Å².